The van der Waals surface area contributed by atoms with Crippen LogP contribution in [0.25, 0.3) is 0 Å². The van der Waals surface area contributed by atoms with Gasteiger partial charge in [-0.2, -0.15) is 0 Å². The molecule has 1 fully saturated rings. The van der Waals surface area contributed by atoms with Crippen molar-refractivity contribution in [2.75, 3.05) is 26.7 Å². The number of aliphatic hydroxyl groups is 1. The molecule has 0 spiro atoms. The molecule has 0 bridgehead atoms. The summed E-state index contributed by atoms with van der Waals surface area (Å²) in [5.74, 6) is 0. The fourth-order valence-electron chi connectivity index (χ4n) is 2.10. The molecule has 1 rings (SSSR count). The highest BCUT2D eigenvalue weighted by Crippen LogP contribution is 2.33. The lowest BCUT2D eigenvalue weighted by Crippen LogP contribution is -2.28. The van der Waals surface area contributed by atoms with Gasteiger partial charge in [-0.3, -0.25) is 0 Å². The second kappa shape index (κ2) is 5.20. The van der Waals surface area contributed by atoms with Gasteiger partial charge in [0, 0.05) is 18.6 Å². The predicted molar refractivity (Wildman–Crippen MR) is 56.9 cm³/mol. The van der Waals surface area contributed by atoms with E-state index in [1.165, 1.54) is 19.3 Å². The Labute approximate surface area is 85.7 Å². The molecule has 1 heterocycles. The van der Waals surface area contributed by atoms with Crippen LogP contribution in [0.15, 0.2) is 0 Å². The molecule has 1 aliphatic rings. The summed E-state index contributed by atoms with van der Waals surface area (Å²) in [6.45, 7) is 4.79. The maximum atomic E-state index is 9.24. The van der Waals surface area contributed by atoms with Crippen molar-refractivity contribution in [2.24, 2.45) is 5.41 Å². The van der Waals surface area contributed by atoms with Gasteiger partial charge in [-0.15, -0.1) is 17.0 Å². The van der Waals surface area contributed by atoms with E-state index in [4.69, 9.17) is 0 Å². The van der Waals surface area contributed by atoms with Gasteiger partial charge in [-0.05, 0) is 26.4 Å². The van der Waals surface area contributed by atoms with Crippen LogP contribution in [-0.4, -0.2) is 36.8 Å². The maximum absolute atomic E-state index is 9.24. The molecule has 1 unspecified atom stereocenters. The molecule has 0 radical (unpaired) electrons. The first kappa shape index (κ1) is 12.4. The smallest absolute Gasteiger partial charge is 0.0500 e. The number of aliphatic hydroxyl groups excluding tert-OH is 1. The van der Waals surface area contributed by atoms with Crippen LogP contribution in [0.3, 0.4) is 0 Å². The molecule has 1 atom stereocenters. The van der Waals surface area contributed by atoms with Crippen molar-refractivity contribution in [2.45, 2.75) is 26.2 Å². The Kier molecular flexibility index (Phi) is 5.37. The van der Waals surface area contributed by atoms with Crippen LogP contribution in [0.4, 0.5) is 0 Å². The average Bonchev–Trinajstić information content (AvgIpc) is 2.34. The minimum absolute atomic E-state index is 0. The summed E-state index contributed by atoms with van der Waals surface area (Å²) >= 11 is 0. The van der Waals surface area contributed by atoms with Gasteiger partial charge in [0.2, 0.25) is 0 Å². The first-order valence-electron chi connectivity index (χ1n) is 4.52. The fraction of sp³-hybridized carbons (Fsp3) is 1.00. The standard InChI is InChI=1S/C9H19NO.BrH/c1-3-4-9(8-11)5-6-10(2)7-9;/h11H,3-8H2,1-2H3;1H. The summed E-state index contributed by atoms with van der Waals surface area (Å²) < 4.78 is 0. The summed E-state index contributed by atoms with van der Waals surface area (Å²) in [6, 6.07) is 0. The topological polar surface area (TPSA) is 23.5 Å². The van der Waals surface area contributed by atoms with Crippen LogP contribution >= 0.6 is 17.0 Å². The summed E-state index contributed by atoms with van der Waals surface area (Å²) in [4.78, 5) is 2.31. The van der Waals surface area contributed by atoms with E-state index >= 15 is 0 Å². The Balaban J connectivity index is 0.00000121. The summed E-state index contributed by atoms with van der Waals surface area (Å²) in [7, 11) is 2.13. The molecule has 0 aromatic rings. The van der Waals surface area contributed by atoms with Gasteiger partial charge in [0.25, 0.3) is 0 Å². The molecule has 1 N–H and O–H groups in total. The number of likely N-dealkylation sites (tertiary alicyclic amines) is 1. The quantitative estimate of drug-likeness (QED) is 0.808. The van der Waals surface area contributed by atoms with Gasteiger partial charge in [-0.25, -0.2) is 0 Å². The lowest BCUT2D eigenvalue weighted by atomic mass is 9.83. The third-order valence-corrected chi connectivity index (χ3v) is 2.74. The van der Waals surface area contributed by atoms with E-state index in [1.807, 2.05) is 0 Å². The average molecular weight is 238 g/mol. The van der Waals surface area contributed by atoms with Crippen molar-refractivity contribution in [3.05, 3.63) is 0 Å². The molecular formula is C9H20BrNO. The van der Waals surface area contributed by atoms with Crippen LogP contribution in [-0.2, 0) is 0 Å². The first-order valence-corrected chi connectivity index (χ1v) is 4.52. The van der Waals surface area contributed by atoms with Crippen LogP contribution in [0.5, 0.6) is 0 Å². The molecule has 0 aromatic heterocycles. The third-order valence-electron chi connectivity index (χ3n) is 2.74. The Morgan fingerprint density at radius 3 is 2.50 bits per heavy atom. The zero-order valence-electron chi connectivity index (χ0n) is 8.05. The van der Waals surface area contributed by atoms with Crippen molar-refractivity contribution < 1.29 is 5.11 Å². The largest absolute Gasteiger partial charge is 0.396 e. The van der Waals surface area contributed by atoms with Crippen molar-refractivity contribution in [3.8, 4) is 0 Å². The van der Waals surface area contributed by atoms with Gasteiger partial charge < -0.3 is 10.0 Å². The molecule has 0 aliphatic carbocycles. The molecule has 12 heavy (non-hydrogen) atoms. The van der Waals surface area contributed by atoms with Crippen LogP contribution in [0.2, 0.25) is 0 Å². The Hall–Kier alpha value is 0.400. The van der Waals surface area contributed by atoms with Crippen LogP contribution in [0, 0.1) is 5.41 Å². The second-order valence-electron chi connectivity index (χ2n) is 3.90. The zero-order valence-corrected chi connectivity index (χ0v) is 9.76. The highest BCUT2D eigenvalue weighted by atomic mass is 79.9. The molecule has 0 aromatic carbocycles. The van der Waals surface area contributed by atoms with Crippen molar-refractivity contribution in [3.63, 3.8) is 0 Å². The van der Waals surface area contributed by atoms with E-state index in [2.05, 4.69) is 18.9 Å². The summed E-state index contributed by atoms with van der Waals surface area (Å²) in [5.41, 5.74) is 0.240. The van der Waals surface area contributed by atoms with E-state index in [1.54, 1.807) is 0 Å². The summed E-state index contributed by atoms with van der Waals surface area (Å²) in [5, 5.41) is 9.24. The minimum Gasteiger partial charge on any atom is -0.396 e. The van der Waals surface area contributed by atoms with E-state index in [-0.39, 0.29) is 22.4 Å². The number of nitrogens with zero attached hydrogens (tertiary/aromatic N) is 1. The number of rotatable bonds is 3. The molecule has 0 amide bonds. The Morgan fingerprint density at radius 1 is 1.50 bits per heavy atom. The number of hydrogen-bond donors (Lipinski definition) is 1. The minimum atomic E-state index is 0. The third kappa shape index (κ3) is 2.71. The highest BCUT2D eigenvalue weighted by Gasteiger charge is 2.34. The molecule has 1 saturated heterocycles. The zero-order chi connectivity index (χ0) is 8.32. The van der Waals surface area contributed by atoms with Crippen molar-refractivity contribution in [1.29, 1.82) is 0 Å². The molecule has 1 aliphatic heterocycles. The molecule has 2 nitrogen and oxygen atoms in total. The van der Waals surface area contributed by atoms with Crippen LogP contribution in [0.1, 0.15) is 26.2 Å². The second-order valence-corrected chi connectivity index (χ2v) is 3.90. The SMILES string of the molecule is Br.CCCC1(CO)CCN(C)C1. The van der Waals surface area contributed by atoms with E-state index in [0.717, 1.165) is 13.1 Å². The van der Waals surface area contributed by atoms with Gasteiger partial charge >= 0.3 is 0 Å². The lowest BCUT2D eigenvalue weighted by Gasteiger charge is -2.25. The fourth-order valence-corrected chi connectivity index (χ4v) is 2.10. The van der Waals surface area contributed by atoms with E-state index < -0.39 is 0 Å². The highest BCUT2D eigenvalue weighted by molar-refractivity contribution is 8.93. The van der Waals surface area contributed by atoms with Crippen molar-refractivity contribution in [1.82, 2.24) is 4.90 Å². The Morgan fingerprint density at radius 2 is 2.17 bits per heavy atom. The van der Waals surface area contributed by atoms with Crippen molar-refractivity contribution >= 4 is 17.0 Å². The molecule has 74 valence electrons. The van der Waals surface area contributed by atoms with Crippen LogP contribution < -0.4 is 0 Å². The molecular weight excluding hydrogens is 218 g/mol. The summed E-state index contributed by atoms with van der Waals surface area (Å²) in [6.07, 6.45) is 3.54. The van der Waals surface area contributed by atoms with E-state index in [0.29, 0.717) is 6.61 Å². The lowest BCUT2D eigenvalue weighted by molar-refractivity contribution is 0.122. The van der Waals surface area contributed by atoms with Gasteiger partial charge in [-0.1, -0.05) is 13.3 Å². The van der Waals surface area contributed by atoms with Gasteiger partial charge in [0.15, 0.2) is 0 Å². The number of hydrogen-bond acceptors (Lipinski definition) is 2. The molecule has 3 heteroatoms. The van der Waals surface area contributed by atoms with Gasteiger partial charge in [0.1, 0.15) is 0 Å². The Bertz CT molecular complexity index is 128. The van der Waals surface area contributed by atoms with E-state index in [9.17, 15) is 5.11 Å². The normalized spacial score (nSPS) is 30.2. The number of halogens is 1. The van der Waals surface area contributed by atoms with Gasteiger partial charge in [0.05, 0.1) is 0 Å². The monoisotopic (exact) mass is 237 g/mol. The molecule has 0 saturated carbocycles. The predicted octanol–water partition coefficient (Wildman–Crippen LogP) is 1.68. The maximum Gasteiger partial charge on any atom is 0.0500 e. The first-order chi connectivity index (χ1) is 5.22.